The van der Waals surface area contributed by atoms with E-state index in [2.05, 4.69) is 4.98 Å². The highest BCUT2D eigenvalue weighted by Gasteiger charge is 2.36. The molecule has 0 aliphatic rings. The number of aromatic nitrogens is 1. The largest absolute Gasteiger partial charge is 0.443 e. The second-order valence-corrected chi connectivity index (χ2v) is 3.91. The van der Waals surface area contributed by atoms with E-state index in [1.54, 1.807) is 0 Å². The second kappa shape index (κ2) is 5.09. The third-order valence-corrected chi connectivity index (χ3v) is 2.89. The van der Waals surface area contributed by atoms with Crippen molar-refractivity contribution in [2.24, 2.45) is 0 Å². The van der Waals surface area contributed by atoms with Gasteiger partial charge in [-0.3, -0.25) is 0 Å². The molecule has 0 fully saturated rings. The molecule has 0 radical (unpaired) electrons. The SMILES string of the molecule is COC(OC)C(O)c1cnc(C(F)(F)F)s1. The molecule has 92 valence electrons. The molecular weight excluding hydrogens is 247 g/mol. The van der Waals surface area contributed by atoms with Gasteiger partial charge in [-0.25, -0.2) is 4.98 Å². The lowest BCUT2D eigenvalue weighted by molar-refractivity contribution is -0.165. The molecule has 0 spiro atoms. The van der Waals surface area contributed by atoms with Crippen molar-refractivity contribution in [3.63, 3.8) is 0 Å². The zero-order chi connectivity index (χ0) is 12.3. The van der Waals surface area contributed by atoms with E-state index in [1.165, 1.54) is 14.2 Å². The number of ether oxygens (including phenoxy) is 2. The fourth-order valence-corrected chi connectivity index (χ4v) is 1.82. The van der Waals surface area contributed by atoms with Crippen LogP contribution in [0, 0.1) is 0 Å². The van der Waals surface area contributed by atoms with Crippen LogP contribution in [0.1, 0.15) is 16.0 Å². The smallest absolute Gasteiger partial charge is 0.382 e. The summed E-state index contributed by atoms with van der Waals surface area (Å²) in [7, 11) is 2.56. The Morgan fingerprint density at radius 1 is 1.38 bits per heavy atom. The summed E-state index contributed by atoms with van der Waals surface area (Å²) < 4.78 is 46.2. The predicted octanol–water partition coefficient (Wildman–Crippen LogP) is 1.81. The number of thiazole rings is 1. The van der Waals surface area contributed by atoms with E-state index in [9.17, 15) is 18.3 Å². The topological polar surface area (TPSA) is 51.6 Å². The van der Waals surface area contributed by atoms with Gasteiger partial charge in [0.15, 0.2) is 11.3 Å². The minimum atomic E-state index is -4.50. The molecule has 1 aromatic rings. The van der Waals surface area contributed by atoms with Crippen LogP contribution in [-0.2, 0) is 15.7 Å². The molecule has 1 unspecified atom stereocenters. The van der Waals surface area contributed by atoms with Crippen LogP contribution in [0.4, 0.5) is 13.2 Å². The van der Waals surface area contributed by atoms with Gasteiger partial charge >= 0.3 is 6.18 Å². The first-order valence-corrected chi connectivity index (χ1v) is 4.98. The van der Waals surface area contributed by atoms with Crippen LogP contribution in [0.3, 0.4) is 0 Å². The van der Waals surface area contributed by atoms with Crippen molar-refractivity contribution in [2.75, 3.05) is 14.2 Å². The number of hydrogen-bond donors (Lipinski definition) is 1. The van der Waals surface area contributed by atoms with E-state index in [1.807, 2.05) is 0 Å². The summed E-state index contributed by atoms with van der Waals surface area (Å²) in [6, 6.07) is 0. The molecule has 0 saturated carbocycles. The number of halogens is 3. The van der Waals surface area contributed by atoms with Gasteiger partial charge in [0.25, 0.3) is 0 Å². The molecule has 8 heteroatoms. The van der Waals surface area contributed by atoms with Crippen LogP contribution in [0.15, 0.2) is 6.20 Å². The Bertz CT molecular complexity index is 338. The monoisotopic (exact) mass is 257 g/mol. The molecule has 0 amide bonds. The fourth-order valence-electron chi connectivity index (χ4n) is 1.04. The number of aliphatic hydroxyl groups is 1. The molecule has 0 bridgehead atoms. The molecule has 1 heterocycles. The third kappa shape index (κ3) is 2.91. The molecule has 1 N–H and O–H groups in total. The van der Waals surface area contributed by atoms with Gasteiger partial charge < -0.3 is 14.6 Å². The predicted molar refractivity (Wildman–Crippen MR) is 49.9 cm³/mol. The van der Waals surface area contributed by atoms with Crippen LogP contribution in [0.2, 0.25) is 0 Å². The van der Waals surface area contributed by atoms with Gasteiger partial charge in [0.05, 0.1) is 4.88 Å². The van der Waals surface area contributed by atoms with Crippen molar-refractivity contribution >= 4 is 11.3 Å². The highest BCUT2D eigenvalue weighted by molar-refractivity contribution is 7.11. The number of alkyl halides is 3. The standard InChI is InChI=1S/C8H10F3NO3S/c1-14-6(15-2)5(13)4-3-12-7(16-4)8(9,10)11/h3,5-6,13H,1-2H3. The summed E-state index contributed by atoms with van der Waals surface area (Å²) >= 11 is 0.361. The number of methoxy groups -OCH3 is 2. The minimum absolute atomic E-state index is 0.0426. The molecule has 0 aliphatic heterocycles. The van der Waals surface area contributed by atoms with Gasteiger partial charge in [0, 0.05) is 20.4 Å². The number of rotatable bonds is 4. The zero-order valence-corrected chi connectivity index (χ0v) is 9.30. The number of aliphatic hydroxyl groups excluding tert-OH is 1. The van der Waals surface area contributed by atoms with Crippen molar-refractivity contribution in [1.29, 1.82) is 0 Å². The van der Waals surface area contributed by atoms with Gasteiger partial charge in [-0.15, -0.1) is 11.3 Å². The molecule has 1 aromatic heterocycles. The van der Waals surface area contributed by atoms with Crippen LogP contribution in [-0.4, -0.2) is 30.6 Å². The van der Waals surface area contributed by atoms with Crippen LogP contribution in [0.25, 0.3) is 0 Å². The van der Waals surface area contributed by atoms with Crippen LogP contribution < -0.4 is 0 Å². The number of hydrogen-bond acceptors (Lipinski definition) is 5. The Kier molecular flexibility index (Phi) is 4.25. The van der Waals surface area contributed by atoms with Crippen molar-refractivity contribution < 1.29 is 27.8 Å². The maximum Gasteiger partial charge on any atom is 0.443 e. The first-order chi connectivity index (χ1) is 7.40. The normalized spacial score (nSPS) is 14.4. The number of nitrogens with zero attached hydrogens (tertiary/aromatic N) is 1. The van der Waals surface area contributed by atoms with E-state index in [4.69, 9.17) is 9.47 Å². The molecule has 4 nitrogen and oxygen atoms in total. The van der Waals surface area contributed by atoms with E-state index in [0.717, 1.165) is 6.20 Å². The zero-order valence-electron chi connectivity index (χ0n) is 8.49. The van der Waals surface area contributed by atoms with Crippen molar-refractivity contribution in [2.45, 2.75) is 18.6 Å². The second-order valence-electron chi connectivity index (χ2n) is 2.85. The van der Waals surface area contributed by atoms with Crippen molar-refractivity contribution in [3.8, 4) is 0 Å². The van der Waals surface area contributed by atoms with Crippen molar-refractivity contribution in [1.82, 2.24) is 4.98 Å². The first-order valence-electron chi connectivity index (χ1n) is 4.16. The Hall–Kier alpha value is -0.700. The Morgan fingerprint density at radius 2 is 1.94 bits per heavy atom. The average Bonchev–Trinajstić information content (AvgIpc) is 2.67. The van der Waals surface area contributed by atoms with Crippen molar-refractivity contribution in [3.05, 3.63) is 16.1 Å². The quantitative estimate of drug-likeness (QED) is 0.836. The Balaban J connectivity index is 2.85. The van der Waals surface area contributed by atoms with Gasteiger partial charge in [-0.05, 0) is 0 Å². The van der Waals surface area contributed by atoms with E-state index in [-0.39, 0.29) is 4.88 Å². The molecule has 0 aliphatic carbocycles. The Labute approximate surface area is 93.6 Å². The van der Waals surface area contributed by atoms with Gasteiger partial charge in [0.1, 0.15) is 6.10 Å². The van der Waals surface area contributed by atoms with Gasteiger partial charge in [-0.1, -0.05) is 0 Å². The molecule has 0 aromatic carbocycles. The summed E-state index contributed by atoms with van der Waals surface area (Å²) in [5.41, 5.74) is 0. The van der Waals surface area contributed by atoms with E-state index >= 15 is 0 Å². The summed E-state index contributed by atoms with van der Waals surface area (Å²) in [5.74, 6) is 0. The molecular formula is C8H10F3NO3S. The maximum absolute atomic E-state index is 12.2. The molecule has 0 saturated heterocycles. The summed E-state index contributed by atoms with van der Waals surface area (Å²) in [6.45, 7) is 0. The lowest BCUT2D eigenvalue weighted by Gasteiger charge is -2.18. The lowest BCUT2D eigenvalue weighted by Crippen LogP contribution is -2.21. The van der Waals surface area contributed by atoms with Gasteiger partial charge in [-0.2, -0.15) is 13.2 Å². The van der Waals surface area contributed by atoms with E-state index < -0.39 is 23.6 Å². The van der Waals surface area contributed by atoms with Crippen LogP contribution >= 0.6 is 11.3 Å². The Morgan fingerprint density at radius 3 is 2.31 bits per heavy atom. The summed E-state index contributed by atoms with van der Waals surface area (Å²) in [6.07, 6.45) is -5.84. The highest BCUT2D eigenvalue weighted by atomic mass is 32.1. The first kappa shape index (κ1) is 13.4. The summed E-state index contributed by atoms with van der Waals surface area (Å²) in [5, 5.41) is 8.61. The average molecular weight is 257 g/mol. The molecule has 1 atom stereocenters. The van der Waals surface area contributed by atoms with Crippen LogP contribution in [0.5, 0.6) is 0 Å². The van der Waals surface area contributed by atoms with Gasteiger partial charge in [0.2, 0.25) is 0 Å². The molecule has 1 rings (SSSR count). The van der Waals surface area contributed by atoms with E-state index in [0.29, 0.717) is 11.3 Å². The fraction of sp³-hybridized carbons (Fsp3) is 0.625. The maximum atomic E-state index is 12.2. The lowest BCUT2D eigenvalue weighted by atomic mass is 10.3. The highest BCUT2D eigenvalue weighted by Crippen LogP contribution is 2.35. The summed E-state index contributed by atoms with van der Waals surface area (Å²) in [4.78, 5) is 3.22. The third-order valence-electron chi connectivity index (χ3n) is 1.78. The minimum Gasteiger partial charge on any atom is -0.382 e. The molecule has 16 heavy (non-hydrogen) atoms.